The predicted octanol–water partition coefficient (Wildman–Crippen LogP) is 2.49. The maximum atomic E-state index is 12.9. The molecule has 2 aromatic rings. The maximum absolute atomic E-state index is 12.9. The quantitative estimate of drug-likeness (QED) is 0.684. The van der Waals surface area contributed by atoms with E-state index in [0.29, 0.717) is 24.4 Å². The molecule has 2 aliphatic rings. The topological polar surface area (TPSA) is 58.6 Å². The number of hydrogen-bond acceptors (Lipinski definition) is 4. The number of nitrogens with zero attached hydrogens (tertiary/aromatic N) is 1. The number of rotatable bonds is 3. The van der Waals surface area contributed by atoms with Gasteiger partial charge in [0.1, 0.15) is 11.4 Å². The van der Waals surface area contributed by atoms with Crippen molar-refractivity contribution in [2.24, 2.45) is 0 Å². The van der Waals surface area contributed by atoms with Crippen LogP contribution >= 0.6 is 0 Å². The predicted molar refractivity (Wildman–Crippen MR) is 98.0 cm³/mol. The first kappa shape index (κ1) is 16.4. The zero-order chi connectivity index (χ0) is 18.1. The summed E-state index contributed by atoms with van der Waals surface area (Å²) in [7, 11) is 1.64. The Labute approximate surface area is 152 Å². The third kappa shape index (κ3) is 2.86. The highest BCUT2D eigenvalue weighted by atomic mass is 16.5. The lowest BCUT2D eigenvalue weighted by Gasteiger charge is -2.41. The summed E-state index contributed by atoms with van der Waals surface area (Å²) in [5.41, 5.74) is 3.30. The Morgan fingerprint density at radius 1 is 1.23 bits per heavy atom. The molecule has 0 aliphatic carbocycles. The van der Waals surface area contributed by atoms with Crippen molar-refractivity contribution in [1.29, 1.82) is 0 Å². The fourth-order valence-corrected chi connectivity index (χ4v) is 3.63. The van der Waals surface area contributed by atoms with Crippen molar-refractivity contribution in [1.82, 2.24) is 10.2 Å². The molecule has 2 aromatic carbocycles. The van der Waals surface area contributed by atoms with E-state index in [2.05, 4.69) is 11.4 Å². The van der Waals surface area contributed by atoms with Gasteiger partial charge in [-0.05, 0) is 29.7 Å². The minimum Gasteiger partial charge on any atom is -0.497 e. The first-order chi connectivity index (χ1) is 12.7. The summed E-state index contributed by atoms with van der Waals surface area (Å²) in [5, 5.41) is 3.16. The standard InChI is InChI=1S/C21H20N2O3/c1-26-16-8-7-14-9-10-23-19(17(14)11-16)13-22-18(21(23)25)12-20(24)15-5-3-2-4-6-15/h2-8,11-12,19,22H,9-10,13H2,1H3/b18-12-. The lowest BCUT2D eigenvalue weighted by Crippen LogP contribution is -2.51. The average Bonchev–Trinajstić information content (AvgIpc) is 2.70. The number of benzene rings is 2. The second-order valence-electron chi connectivity index (χ2n) is 6.50. The second-order valence-corrected chi connectivity index (χ2v) is 6.50. The Morgan fingerprint density at radius 3 is 2.81 bits per heavy atom. The van der Waals surface area contributed by atoms with E-state index >= 15 is 0 Å². The Morgan fingerprint density at radius 2 is 2.04 bits per heavy atom. The van der Waals surface area contributed by atoms with Crippen molar-refractivity contribution in [3.05, 3.63) is 77.0 Å². The Hall–Kier alpha value is -3.08. The highest BCUT2D eigenvalue weighted by Crippen LogP contribution is 2.34. The van der Waals surface area contributed by atoms with E-state index in [4.69, 9.17) is 4.74 Å². The van der Waals surface area contributed by atoms with Gasteiger partial charge in [0.05, 0.1) is 13.2 Å². The highest BCUT2D eigenvalue weighted by Gasteiger charge is 2.36. The lowest BCUT2D eigenvalue weighted by molar-refractivity contribution is -0.132. The molecule has 4 rings (SSSR count). The molecule has 0 saturated carbocycles. The van der Waals surface area contributed by atoms with Crippen LogP contribution in [0.2, 0.25) is 0 Å². The molecule has 2 heterocycles. The smallest absolute Gasteiger partial charge is 0.270 e. The third-order valence-corrected chi connectivity index (χ3v) is 5.02. The Bertz CT molecular complexity index is 889. The number of hydrogen-bond donors (Lipinski definition) is 1. The number of ether oxygens (including phenoxy) is 1. The first-order valence-electron chi connectivity index (χ1n) is 8.70. The molecule has 132 valence electrons. The normalized spacial score (nSPS) is 20.2. The fraction of sp³-hybridized carbons (Fsp3) is 0.238. The van der Waals surface area contributed by atoms with Crippen LogP contribution in [0, 0.1) is 0 Å². The van der Waals surface area contributed by atoms with Gasteiger partial charge in [0.15, 0.2) is 5.78 Å². The minimum absolute atomic E-state index is 0.0367. The molecular weight excluding hydrogens is 328 g/mol. The van der Waals surface area contributed by atoms with Crippen LogP contribution in [0.3, 0.4) is 0 Å². The number of amides is 1. The number of piperazine rings is 1. The van der Waals surface area contributed by atoms with E-state index in [1.807, 2.05) is 35.2 Å². The van der Waals surface area contributed by atoms with Gasteiger partial charge in [-0.3, -0.25) is 9.59 Å². The monoisotopic (exact) mass is 348 g/mol. The van der Waals surface area contributed by atoms with E-state index in [1.165, 1.54) is 11.6 Å². The van der Waals surface area contributed by atoms with Gasteiger partial charge >= 0.3 is 0 Å². The van der Waals surface area contributed by atoms with Crippen LogP contribution in [-0.2, 0) is 11.2 Å². The van der Waals surface area contributed by atoms with Crippen LogP contribution in [0.25, 0.3) is 0 Å². The van der Waals surface area contributed by atoms with Gasteiger partial charge in [0, 0.05) is 24.7 Å². The number of carbonyl (C=O) groups excluding carboxylic acids is 2. The van der Waals surface area contributed by atoms with Gasteiger partial charge in [-0.1, -0.05) is 36.4 Å². The fourth-order valence-electron chi connectivity index (χ4n) is 3.63. The third-order valence-electron chi connectivity index (χ3n) is 5.02. The number of fused-ring (bicyclic) bond motifs is 3. The van der Waals surface area contributed by atoms with Crippen molar-refractivity contribution >= 4 is 11.7 Å². The molecule has 5 nitrogen and oxygen atoms in total. The molecule has 1 fully saturated rings. The van der Waals surface area contributed by atoms with E-state index in [-0.39, 0.29) is 17.7 Å². The van der Waals surface area contributed by atoms with Crippen molar-refractivity contribution < 1.29 is 14.3 Å². The van der Waals surface area contributed by atoms with Gasteiger partial charge in [0.25, 0.3) is 5.91 Å². The lowest BCUT2D eigenvalue weighted by atomic mass is 9.90. The van der Waals surface area contributed by atoms with Crippen LogP contribution in [0.5, 0.6) is 5.75 Å². The van der Waals surface area contributed by atoms with E-state index in [0.717, 1.165) is 17.7 Å². The molecule has 1 N–H and O–H groups in total. The molecule has 0 radical (unpaired) electrons. The first-order valence-corrected chi connectivity index (χ1v) is 8.70. The summed E-state index contributed by atoms with van der Waals surface area (Å²) in [4.78, 5) is 27.1. The highest BCUT2D eigenvalue weighted by molar-refractivity contribution is 6.09. The van der Waals surface area contributed by atoms with Crippen molar-refractivity contribution in [3.8, 4) is 5.75 Å². The van der Waals surface area contributed by atoms with E-state index < -0.39 is 0 Å². The van der Waals surface area contributed by atoms with Crippen LogP contribution in [-0.4, -0.2) is 36.8 Å². The number of ketones is 1. The largest absolute Gasteiger partial charge is 0.497 e. The van der Waals surface area contributed by atoms with Gasteiger partial charge in [-0.15, -0.1) is 0 Å². The molecular formula is C21H20N2O3. The second kappa shape index (κ2) is 6.67. The van der Waals surface area contributed by atoms with Crippen LogP contribution in [0.15, 0.2) is 60.3 Å². The molecule has 1 unspecified atom stereocenters. The van der Waals surface area contributed by atoms with Crippen LogP contribution in [0.1, 0.15) is 27.5 Å². The molecule has 2 aliphatic heterocycles. The van der Waals surface area contributed by atoms with Crippen molar-refractivity contribution in [2.45, 2.75) is 12.5 Å². The minimum atomic E-state index is -0.168. The summed E-state index contributed by atoms with van der Waals surface area (Å²) < 4.78 is 5.33. The van der Waals surface area contributed by atoms with Gasteiger partial charge < -0.3 is 15.0 Å². The summed E-state index contributed by atoms with van der Waals surface area (Å²) in [6.45, 7) is 1.24. The van der Waals surface area contributed by atoms with Gasteiger partial charge in [-0.25, -0.2) is 0 Å². The summed E-state index contributed by atoms with van der Waals surface area (Å²) in [5.74, 6) is 0.497. The number of allylic oxidation sites excluding steroid dienone is 1. The summed E-state index contributed by atoms with van der Waals surface area (Å²) in [6, 6.07) is 15.0. The molecule has 5 heteroatoms. The summed E-state index contributed by atoms with van der Waals surface area (Å²) >= 11 is 0. The Kier molecular flexibility index (Phi) is 4.21. The van der Waals surface area contributed by atoms with Crippen LogP contribution in [0.4, 0.5) is 0 Å². The number of methoxy groups -OCH3 is 1. The van der Waals surface area contributed by atoms with E-state index in [9.17, 15) is 9.59 Å². The number of nitrogens with one attached hydrogen (secondary N) is 1. The van der Waals surface area contributed by atoms with Gasteiger partial charge in [0.2, 0.25) is 0 Å². The molecule has 1 amide bonds. The van der Waals surface area contributed by atoms with Crippen LogP contribution < -0.4 is 10.1 Å². The van der Waals surface area contributed by atoms with Crippen molar-refractivity contribution in [2.75, 3.05) is 20.2 Å². The maximum Gasteiger partial charge on any atom is 0.270 e. The average molecular weight is 348 g/mol. The molecule has 26 heavy (non-hydrogen) atoms. The molecule has 0 spiro atoms. The molecule has 1 atom stereocenters. The zero-order valence-corrected chi connectivity index (χ0v) is 14.6. The number of carbonyl (C=O) groups is 2. The molecule has 1 saturated heterocycles. The van der Waals surface area contributed by atoms with Crippen molar-refractivity contribution in [3.63, 3.8) is 0 Å². The molecule has 0 aromatic heterocycles. The van der Waals surface area contributed by atoms with E-state index in [1.54, 1.807) is 19.2 Å². The summed E-state index contributed by atoms with van der Waals surface area (Å²) in [6.07, 6.45) is 2.22. The zero-order valence-electron chi connectivity index (χ0n) is 14.6. The molecule has 0 bridgehead atoms. The Balaban J connectivity index is 1.60. The van der Waals surface area contributed by atoms with Gasteiger partial charge in [-0.2, -0.15) is 0 Å². The SMILES string of the molecule is COc1ccc2c(c1)C1CN/C(=C\C(=O)c3ccccc3)C(=O)N1CC2.